The monoisotopic (exact) mass is 522 g/mol. The minimum absolute atomic E-state index is 0.164. The molecule has 4 rings (SSSR count). The summed E-state index contributed by atoms with van der Waals surface area (Å²) in [6, 6.07) is 5.32. The molecule has 0 saturated carbocycles. The summed E-state index contributed by atoms with van der Waals surface area (Å²) in [7, 11) is 0. The number of unbranched alkanes of at least 4 members (excludes halogenated alkanes) is 3. The van der Waals surface area contributed by atoms with Crippen LogP contribution in [-0.2, 0) is 22.4 Å². The van der Waals surface area contributed by atoms with Gasteiger partial charge in [0.2, 0.25) is 5.95 Å². The number of anilines is 1. The van der Waals surface area contributed by atoms with E-state index in [1.165, 1.54) is 0 Å². The number of aromatic nitrogens is 2. The molecular weight excluding hydrogens is 491 g/mol. The first-order valence-electron chi connectivity index (χ1n) is 12.2. The Kier molecular flexibility index (Phi) is 8.83. The number of aromatic amines is 1. The second-order valence-corrected chi connectivity index (χ2v) is 10.1. The van der Waals surface area contributed by atoms with Crippen LogP contribution in [0.1, 0.15) is 55.3 Å². The third kappa shape index (κ3) is 6.43. The third-order valence-electron chi connectivity index (χ3n) is 6.92. The Labute approximate surface area is 214 Å². The van der Waals surface area contributed by atoms with Gasteiger partial charge in [0, 0.05) is 30.8 Å². The number of ether oxygens (including phenoxy) is 2. The van der Waals surface area contributed by atoms with Gasteiger partial charge >= 0.3 is 0 Å². The molecule has 35 heavy (non-hydrogen) atoms. The van der Waals surface area contributed by atoms with Gasteiger partial charge in [-0.15, -0.1) is 0 Å². The van der Waals surface area contributed by atoms with Crippen LogP contribution in [0.2, 0.25) is 10.0 Å². The molecule has 1 aromatic carbocycles. The highest BCUT2D eigenvalue weighted by Gasteiger charge is 2.59. The molecule has 3 atom stereocenters. The largest absolute Gasteiger partial charge is 0.396 e. The molecule has 0 bridgehead atoms. The van der Waals surface area contributed by atoms with Crippen LogP contribution in [0, 0.1) is 17.2 Å². The summed E-state index contributed by atoms with van der Waals surface area (Å²) in [5, 5.41) is 21.1. The predicted octanol–water partition coefficient (Wildman–Crippen LogP) is 4.55. The van der Waals surface area contributed by atoms with E-state index in [9.17, 15) is 9.90 Å². The molecule has 4 N–H and O–H groups in total. The maximum absolute atomic E-state index is 12.7. The molecular formula is C25H32Cl2N4O4. The van der Waals surface area contributed by atoms with Gasteiger partial charge in [0.1, 0.15) is 6.61 Å². The number of halogens is 2. The lowest BCUT2D eigenvalue weighted by atomic mass is 9.84. The molecule has 1 aromatic heterocycles. The lowest BCUT2D eigenvalue weighted by molar-refractivity contribution is -0.0246. The van der Waals surface area contributed by atoms with E-state index in [2.05, 4.69) is 15.3 Å². The van der Waals surface area contributed by atoms with Crippen LogP contribution in [0.25, 0.3) is 0 Å². The van der Waals surface area contributed by atoms with Crippen LogP contribution in [0.5, 0.6) is 0 Å². The number of epoxide rings is 1. The topological polar surface area (TPSA) is 124 Å². The van der Waals surface area contributed by atoms with E-state index in [0.29, 0.717) is 59.3 Å². The van der Waals surface area contributed by atoms with Crippen molar-refractivity contribution in [3.8, 4) is 0 Å². The second-order valence-electron chi connectivity index (χ2n) is 9.27. The van der Waals surface area contributed by atoms with Crippen molar-refractivity contribution in [3.05, 3.63) is 55.4 Å². The fraction of sp³-hybridized carbons (Fsp3) is 0.560. The Bertz CT molecular complexity index is 1090. The highest BCUT2D eigenvalue weighted by atomic mass is 35.5. The van der Waals surface area contributed by atoms with Gasteiger partial charge < -0.3 is 25.3 Å². The Morgan fingerprint density at radius 2 is 2.00 bits per heavy atom. The Morgan fingerprint density at radius 3 is 2.71 bits per heavy atom. The number of H-pyrrole nitrogens is 1. The van der Waals surface area contributed by atoms with Crippen molar-refractivity contribution in [1.29, 1.82) is 5.41 Å². The summed E-state index contributed by atoms with van der Waals surface area (Å²) in [4.78, 5) is 19.8. The lowest BCUT2D eigenvalue weighted by Gasteiger charge is -2.19. The van der Waals surface area contributed by atoms with Crippen molar-refractivity contribution in [1.82, 2.24) is 9.97 Å². The van der Waals surface area contributed by atoms with Crippen molar-refractivity contribution in [3.63, 3.8) is 0 Å². The summed E-state index contributed by atoms with van der Waals surface area (Å²) < 4.78 is 11.4. The van der Waals surface area contributed by atoms with E-state index in [-0.39, 0.29) is 18.1 Å². The number of rotatable bonds is 13. The first-order chi connectivity index (χ1) is 17.0. The summed E-state index contributed by atoms with van der Waals surface area (Å²) in [5.74, 6) is 0.631. The van der Waals surface area contributed by atoms with Crippen molar-refractivity contribution in [2.24, 2.45) is 11.8 Å². The first-order valence-corrected chi connectivity index (χ1v) is 12.9. The summed E-state index contributed by atoms with van der Waals surface area (Å²) >= 11 is 12.0. The van der Waals surface area contributed by atoms with Gasteiger partial charge in [-0.25, -0.2) is 4.98 Å². The van der Waals surface area contributed by atoms with Crippen molar-refractivity contribution in [2.45, 2.75) is 57.3 Å². The molecule has 2 saturated heterocycles. The van der Waals surface area contributed by atoms with Gasteiger partial charge in [-0.3, -0.25) is 9.78 Å². The number of hydrogen-bond donors (Lipinski definition) is 4. The first kappa shape index (κ1) is 26.1. The summed E-state index contributed by atoms with van der Waals surface area (Å²) in [5.41, 5.74) is 1.60. The number of nitrogens with zero attached hydrogens (tertiary/aromatic N) is 1. The molecule has 2 aromatic rings. The molecule has 2 aliphatic rings. The summed E-state index contributed by atoms with van der Waals surface area (Å²) in [6.07, 6.45) is 7.49. The minimum atomic E-state index is -0.409. The van der Waals surface area contributed by atoms with Crippen LogP contribution in [0.3, 0.4) is 0 Å². The standard InChI is InChI=1S/C25H32Cl2N4O4/c26-20-8-7-16(11-21(20)27)13-29-24-30-22(12-28)18(23(33)31-24)6-4-2-1-3-5-17-14-34-25(15-35-25)19(17)9-10-32/h7-8,11-12,17,19,28,32H,1-6,9-10,13-15H2,(H2,29,30,31,33)/t17?,19?,25-/m1/s1. The van der Waals surface area contributed by atoms with Gasteiger partial charge in [0.05, 0.1) is 22.3 Å². The van der Waals surface area contributed by atoms with Crippen LogP contribution < -0.4 is 10.9 Å². The number of aliphatic hydroxyl groups excluding tert-OH is 1. The normalized spacial score (nSPS) is 23.1. The second kappa shape index (κ2) is 11.8. The van der Waals surface area contributed by atoms with E-state index in [1.807, 2.05) is 6.07 Å². The number of aliphatic hydroxyl groups is 1. The molecule has 2 fully saturated rings. The highest BCUT2D eigenvalue weighted by Crippen LogP contribution is 2.49. The van der Waals surface area contributed by atoms with Crippen LogP contribution in [0.15, 0.2) is 23.0 Å². The molecule has 2 aliphatic heterocycles. The molecule has 0 amide bonds. The Morgan fingerprint density at radius 1 is 1.20 bits per heavy atom. The zero-order chi connectivity index (χ0) is 24.8. The van der Waals surface area contributed by atoms with E-state index in [1.54, 1.807) is 12.1 Å². The van der Waals surface area contributed by atoms with Gasteiger partial charge in [-0.05, 0) is 49.3 Å². The van der Waals surface area contributed by atoms with Crippen molar-refractivity contribution >= 4 is 35.4 Å². The fourth-order valence-electron chi connectivity index (χ4n) is 4.94. The molecule has 0 aliphatic carbocycles. The van der Waals surface area contributed by atoms with Crippen LogP contribution in [-0.4, -0.2) is 46.9 Å². The molecule has 190 valence electrons. The van der Waals surface area contributed by atoms with E-state index >= 15 is 0 Å². The molecule has 3 heterocycles. The SMILES string of the molecule is N=Cc1nc(NCc2ccc(Cl)c(Cl)c2)[nH]c(=O)c1CCCCCCC1CO[C@@]2(CO2)C1CCO. The minimum Gasteiger partial charge on any atom is -0.396 e. The maximum Gasteiger partial charge on any atom is 0.256 e. The van der Waals surface area contributed by atoms with Crippen molar-refractivity contribution < 1.29 is 14.6 Å². The molecule has 10 heteroatoms. The van der Waals surface area contributed by atoms with E-state index < -0.39 is 5.79 Å². The quantitative estimate of drug-likeness (QED) is 0.174. The number of benzene rings is 1. The molecule has 0 radical (unpaired) electrons. The zero-order valence-corrected chi connectivity index (χ0v) is 21.1. The van der Waals surface area contributed by atoms with E-state index in [4.69, 9.17) is 38.1 Å². The van der Waals surface area contributed by atoms with E-state index in [0.717, 1.165) is 50.3 Å². The Balaban J connectivity index is 1.22. The van der Waals surface area contributed by atoms with Gasteiger partial charge in [0.15, 0.2) is 5.79 Å². The van der Waals surface area contributed by atoms with Crippen LogP contribution in [0.4, 0.5) is 5.95 Å². The van der Waals surface area contributed by atoms with Gasteiger partial charge in [-0.2, -0.15) is 0 Å². The third-order valence-corrected chi connectivity index (χ3v) is 7.66. The molecule has 8 nitrogen and oxygen atoms in total. The lowest BCUT2D eigenvalue weighted by Crippen LogP contribution is -2.24. The Hall–Kier alpha value is -1.97. The zero-order valence-electron chi connectivity index (χ0n) is 19.6. The molecule has 2 unspecified atom stereocenters. The predicted molar refractivity (Wildman–Crippen MR) is 137 cm³/mol. The summed E-state index contributed by atoms with van der Waals surface area (Å²) in [6.45, 7) is 1.93. The number of nitrogens with one attached hydrogen (secondary N) is 3. The number of hydrogen-bond acceptors (Lipinski definition) is 7. The maximum atomic E-state index is 12.7. The van der Waals surface area contributed by atoms with Crippen molar-refractivity contribution in [2.75, 3.05) is 25.1 Å². The average molecular weight is 523 g/mol. The fourth-order valence-corrected chi connectivity index (χ4v) is 5.26. The highest BCUT2D eigenvalue weighted by molar-refractivity contribution is 6.42. The van der Waals surface area contributed by atoms with Gasteiger partial charge in [0.25, 0.3) is 5.56 Å². The average Bonchev–Trinajstić information content (AvgIpc) is 3.56. The molecule has 1 spiro atoms. The van der Waals surface area contributed by atoms with Gasteiger partial charge in [-0.1, -0.05) is 48.5 Å². The smallest absolute Gasteiger partial charge is 0.256 e. The van der Waals surface area contributed by atoms with Crippen LogP contribution >= 0.6 is 23.2 Å².